The molecule has 2 rings (SSSR count). The third kappa shape index (κ3) is 2.75. The summed E-state index contributed by atoms with van der Waals surface area (Å²) < 4.78 is 4.88. The molecule has 0 aliphatic heterocycles. The van der Waals surface area contributed by atoms with Gasteiger partial charge in [0.15, 0.2) is 0 Å². The highest BCUT2D eigenvalue weighted by molar-refractivity contribution is 5.93. The maximum Gasteiger partial charge on any atom is 0.255 e. The summed E-state index contributed by atoms with van der Waals surface area (Å²) in [5, 5.41) is 2.93. The smallest absolute Gasteiger partial charge is 0.255 e. The lowest BCUT2D eigenvalue weighted by atomic mass is 10.1. The molecule has 1 aromatic carbocycles. The van der Waals surface area contributed by atoms with Crippen LogP contribution in [0.25, 0.3) is 0 Å². The third-order valence-corrected chi connectivity index (χ3v) is 2.67. The molecule has 2 aromatic rings. The first-order valence-corrected chi connectivity index (χ1v) is 5.56. The lowest BCUT2D eigenvalue weighted by Gasteiger charge is -2.14. The standard InChI is InChI=1S/C14H15NO2/c1-10-4-3-5-12(8-10)11(2)15-14(16)13-6-7-17-9-13/h3-9,11H,1-2H3,(H,15,16). The Hall–Kier alpha value is -2.03. The number of furan rings is 1. The molecule has 1 atom stereocenters. The van der Waals surface area contributed by atoms with Crippen LogP contribution in [0.15, 0.2) is 47.3 Å². The van der Waals surface area contributed by atoms with Gasteiger partial charge < -0.3 is 9.73 Å². The summed E-state index contributed by atoms with van der Waals surface area (Å²) >= 11 is 0. The molecule has 0 saturated heterocycles. The lowest BCUT2D eigenvalue weighted by Crippen LogP contribution is -2.26. The Bertz CT molecular complexity index is 503. The van der Waals surface area contributed by atoms with Crippen LogP contribution in [0.3, 0.4) is 0 Å². The SMILES string of the molecule is Cc1cccc(C(C)NC(=O)c2ccoc2)c1. The van der Waals surface area contributed by atoms with Crippen molar-refractivity contribution in [2.75, 3.05) is 0 Å². The second-order valence-corrected chi connectivity index (χ2v) is 4.12. The first kappa shape index (κ1) is 11.5. The van der Waals surface area contributed by atoms with E-state index in [0.29, 0.717) is 5.56 Å². The van der Waals surface area contributed by atoms with Gasteiger partial charge in [-0.15, -0.1) is 0 Å². The highest BCUT2D eigenvalue weighted by atomic mass is 16.3. The van der Waals surface area contributed by atoms with Gasteiger partial charge in [0.2, 0.25) is 0 Å². The van der Waals surface area contributed by atoms with Crippen LogP contribution >= 0.6 is 0 Å². The second-order valence-electron chi connectivity index (χ2n) is 4.12. The first-order chi connectivity index (χ1) is 8.16. The van der Waals surface area contributed by atoms with Crippen LogP contribution in [-0.4, -0.2) is 5.91 Å². The van der Waals surface area contributed by atoms with Crippen molar-refractivity contribution in [3.8, 4) is 0 Å². The van der Waals surface area contributed by atoms with Gasteiger partial charge in [0.1, 0.15) is 6.26 Å². The van der Waals surface area contributed by atoms with Gasteiger partial charge in [0, 0.05) is 0 Å². The predicted octanol–water partition coefficient (Wildman–Crippen LogP) is 3.08. The van der Waals surface area contributed by atoms with Crippen molar-refractivity contribution < 1.29 is 9.21 Å². The van der Waals surface area contributed by atoms with Gasteiger partial charge in [-0.3, -0.25) is 4.79 Å². The van der Waals surface area contributed by atoms with Crippen molar-refractivity contribution in [3.63, 3.8) is 0 Å². The summed E-state index contributed by atoms with van der Waals surface area (Å²) in [6.07, 6.45) is 2.94. The Balaban J connectivity index is 2.07. The lowest BCUT2D eigenvalue weighted by molar-refractivity contribution is 0.0939. The van der Waals surface area contributed by atoms with Crippen LogP contribution in [-0.2, 0) is 0 Å². The van der Waals surface area contributed by atoms with E-state index in [4.69, 9.17) is 4.42 Å². The second kappa shape index (κ2) is 4.87. The number of carbonyl (C=O) groups is 1. The fraction of sp³-hybridized carbons (Fsp3) is 0.214. The average Bonchev–Trinajstić information content (AvgIpc) is 2.82. The summed E-state index contributed by atoms with van der Waals surface area (Å²) in [6, 6.07) is 9.74. The van der Waals surface area contributed by atoms with Gasteiger partial charge in [-0.1, -0.05) is 29.8 Å². The van der Waals surface area contributed by atoms with Crippen LogP contribution in [0.4, 0.5) is 0 Å². The Labute approximate surface area is 100 Å². The van der Waals surface area contributed by atoms with Crippen molar-refractivity contribution >= 4 is 5.91 Å². The number of hydrogen-bond acceptors (Lipinski definition) is 2. The minimum absolute atomic E-state index is 0.0164. The molecule has 88 valence electrons. The molecule has 1 unspecified atom stereocenters. The normalized spacial score (nSPS) is 12.1. The van der Waals surface area contributed by atoms with E-state index in [1.54, 1.807) is 6.07 Å². The highest BCUT2D eigenvalue weighted by Gasteiger charge is 2.11. The maximum absolute atomic E-state index is 11.8. The van der Waals surface area contributed by atoms with E-state index in [0.717, 1.165) is 5.56 Å². The molecular weight excluding hydrogens is 214 g/mol. The average molecular weight is 229 g/mol. The Morgan fingerprint density at radius 1 is 1.35 bits per heavy atom. The molecule has 0 aliphatic carbocycles. The highest BCUT2D eigenvalue weighted by Crippen LogP contribution is 2.14. The molecule has 1 aromatic heterocycles. The zero-order chi connectivity index (χ0) is 12.3. The molecule has 0 radical (unpaired) electrons. The fourth-order valence-electron chi connectivity index (χ4n) is 1.70. The summed E-state index contributed by atoms with van der Waals surface area (Å²) in [4.78, 5) is 11.8. The monoisotopic (exact) mass is 229 g/mol. The Morgan fingerprint density at radius 3 is 2.82 bits per heavy atom. The van der Waals surface area contributed by atoms with Crippen LogP contribution in [0, 0.1) is 6.92 Å². The Morgan fingerprint density at radius 2 is 2.18 bits per heavy atom. The van der Waals surface area contributed by atoms with Crippen LogP contribution < -0.4 is 5.32 Å². The topological polar surface area (TPSA) is 42.2 Å². The Kier molecular flexibility index (Phi) is 3.28. The summed E-state index contributed by atoms with van der Waals surface area (Å²) in [6.45, 7) is 4.00. The van der Waals surface area contributed by atoms with E-state index in [2.05, 4.69) is 11.4 Å². The molecule has 17 heavy (non-hydrogen) atoms. The number of carbonyl (C=O) groups excluding carboxylic acids is 1. The molecule has 1 heterocycles. The molecular formula is C14H15NO2. The summed E-state index contributed by atoms with van der Waals surface area (Å²) in [5.41, 5.74) is 2.83. The number of benzene rings is 1. The van der Waals surface area contributed by atoms with E-state index < -0.39 is 0 Å². The van der Waals surface area contributed by atoms with E-state index in [1.165, 1.54) is 18.1 Å². The summed E-state index contributed by atoms with van der Waals surface area (Å²) in [7, 11) is 0. The number of amides is 1. The van der Waals surface area contributed by atoms with Crippen LogP contribution in [0.1, 0.15) is 34.5 Å². The molecule has 3 heteroatoms. The number of aryl methyl sites for hydroxylation is 1. The van der Waals surface area contributed by atoms with Gasteiger partial charge >= 0.3 is 0 Å². The van der Waals surface area contributed by atoms with Crippen molar-refractivity contribution in [1.82, 2.24) is 5.32 Å². The van der Waals surface area contributed by atoms with E-state index in [1.807, 2.05) is 32.0 Å². The zero-order valence-electron chi connectivity index (χ0n) is 9.94. The minimum Gasteiger partial charge on any atom is -0.472 e. The third-order valence-electron chi connectivity index (χ3n) is 2.67. The fourth-order valence-corrected chi connectivity index (χ4v) is 1.70. The molecule has 1 N–H and O–H groups in total. The number of rotatable bonds is 3. The van der Waals surface area contributed by atoms with Gasteiger partial charge in [0.25, 0.3) is 5.91 Å². The molecule has 1 amide bonds. The molecule has 0 bridgehead atoms. The predicted molar refractivity (Wildman–Crippen MR) is 65.8 cm³/mol. The van der Waals surface area contributed by atoms with Crippen molar-refractivity contribution in [2.45, 2.75) is 19.9 Å². The van der Waals surface area contributed by atoms with Gasteiger partial charge in [-0.2, -0.15) is 0 Å². The number of nitrogens with one attached hydrogen (secondary N) is 1. The van der Waals surface area contributed by atoms with Crippen molar-refractivity contribution in [1.29, 1.82) is 0 Å². The van der Waals surface area contributed by atoms with Crippen molar-refractivity contribution in [3.05, 3.63) is 59.5 Å². The minimum atomic E-state index is -0.118. The molecule has 0 fully saturated rings. The van der Waals surface area contributed by atoms with Gasteiger partial charge in [-0.05, 0) is 25.5 Å². The van der Waals surface area contributed by atoms with E-state index in [9.17, 15) is 4.79 Å². The zero-order valence-corrected chi connectivity index (χ0v) is 9.94. The molecule has 3 nitrogen and oxygen atoms in total. The van der Waals surface area contributed by atoms with Gasteiger partial charge in [0.05, 0.1) is 17.9 Å². The van der Waals surface area contributed by atoms with E-state index >= 15 is 0 Å². The molecule has 0 spiro atoms. The van der Waals surface area contributed by atoms with Crippen LogP contribution in [0.5, 0.6) is 0 Å². The van der Waals surface area contributed by atoms with Crippen molar-refractivity contribution in [2.24, 2.45) is 0 Å². The first-order valence-electron chi connectivity index (χ1n) is 5.56. The molecule has 0 saturated carbocycles. The van der Waals surface area contributed by atoms with Gasteiger partial charge in [-0.25, -0.2) is 0 Å². The maximum atomic E-state index is 11.8. The van der Waals surface area contributed by atoms with E-state index in [-0.39, 0.29) is 11.9 Å². The largest absolute Gasteiger partial charge is 0.472 e. The van der Waals surface area contributed by atoms with Crippen LogP contribution in [0.2, 0.25) is 0 Å². The number of hydrogen-bond donors (Lipinski definition) is 1. The molecule has 0 aliphatic rings. The quantitative estimate of drug-likeness (QED) is 0.878. The summed E-state index contributed by atoms with van der Waals surface area (Å²) in [5.74, 6) is -0.118.